The van der Waals surface area contributed by atoms with Crippen molar-refractivity contribution in [2.75, 3.05) is 6.61 Å². The number of sulfonamides is 1. The fourth-order valence-corrected chi connectivity index (χ4v) is 2.07. The second-order valence-electron chi connectivity index (χ2n) is 3.83. The highest BCUT2D eigenvalue weighted by Crippen LogP contribution is 2.36. The van der Waals surface area contributed by atoms with Gasteiger partial charge in [0, 0.05) is 6.07 Å². The summed E-state index contributed by atoms with van der Waals surface area (Å²) in [7, 11) is -4.77. The largest absolute Gasteiger partial charge is 0.478 e. The Balaban J connectivity index is 3.62. The number of halogens is 3. The van der Waals surface area contributed by atoms with Crippen LogP contribution < -0.4 is 9.88 Å². The zero-order valence-electron chi connectivity index (χ0n) is 10.3. The van der Waals surface area contributed by atoms with Crippen molar-refractivity contribution in [1.82, 2.24) is 0 Å². The molecular weight excluding hydrogens is 337 g/mol. The Labute approximate surface area is 120 Å². The van der Waals surface area contributed by atoms with Crippen molar-refractivity contribution in [3.05, 3.63) is 27.8 Å². The maximum absolute atomic E-state index is 12.1. The molecule has 0 aliphatic heterocycles. The van der Waals surface area contributed by atoms with Gasteiger partial charge in [0.25, 0.3) is 0 Å². The molecule has 3 N–H and O–H groups in total. The average molecular weight is 344 g/mol. The van der Waals surface area contributed by atoms with Gasteiger partial charge in [-0.2, -0.15) is 13.2 Å². The van der Waals surface area contributed by atoms with E-state index >= 15 is 0 Å². The van der Waals surface area contributed by atoms with Gasteiger partial charge in [-0.1, -0.05) is 0 Å². The number of hydrogen-bond acceptors (Lipinski definition) is 6. The lowest BCUT2D eigenvalue weighted by Crippen LogP contribution is -2.22. The molecule has 0 bridgehead atoms. The van der Waals surface area contributed by atoms with E-state index in [1.807, 2.05) is 0 Å². The molecule has 1 rings (SSSR count). The number of carboxylic acid groups (broad SMARTS) is 1. The summed E-state index contributed by atoms with van der Waals surface area (Å²) in [6.45, 7) is -2.03. The number of primary sulfonamides is 1. The second kappa shape index (κ2) is 5.76. The lowest BCUT2D eigenvalue weighted by molar-refractivity contribution is -0.386. The van der Waals surface area contributed by atoms with Crippen LogP contribution in [-0.4, -0.2) is 37.2 Å². The quantitative estimate of drug-likeness (QED) is 0.594. The predicted octanol–water partition coefficient (Wildman–Crippen LogP) is 0.882. The Hall–Kier alpha value is -2.41. The fraction of sp³-hybridized carbons (Fsp3) is 0.222. The normalized spacial score (nSPS) is 12.0. The van der Waals surface area contributed by atoms with Crippen LogP contribution in [0, 0.1) is 10.1 Å². The predicted molar refractivity (Wildman–Crippen MR) is 63.0 cm³/mol. The maximum atomic E-state index is 12.1. The molecule has 13 heteroatoms. The highest BCUT2D eigenvalue weighted by atomic mass is 32.2. The smallest absolute Gasteiger partial charge is 0.422 e. The number of ether oxygens (including phenoxy) is 1. The SMILES string of the molecule is NS(=O)(=O)c1cc(C(=O)O)cc([N+](=O)[O-])c1OCC(F)(F)F. The molecule has 0 fully saturated rings. The van der Waals surface area contributed by atoms with Crippen molar-refractivity contribution in [1.29, 1.82) is 0 Å². The van der Waals surface area contributed by atoms with Crippen molar-refractivity contribution in [2.45, 2.75) is 11.1 Å². The number of carboxylic acids is 1. The molecule has 0 heterocycles. The van der Waals surface area contributed by atoms with Crippen molar-refractivity contribution in [2.24, 2.45) is 5.14 Å². The van der Waals surface area contributed by atoms with Gasteiger partial charge in [0.1, 0.15) is 4.90 Å². The highest BCUT2D eigenvalue weighted by Gasteiger charge is 2.34. The first kappa shape index (κ1) is 17.6. The molecule has 0 saturated carbocycles. The minimum atomic E-state index is -4.91. The molecule has 9 nitrogen and oxygen atoms in total. The number of nitro groups is 1. The number of rotatable bonds is 5. The first-order valence-electron chi connectivity index (χ1n) is 5.11. The number of nitrogens with zero attached hydrogens (tertiary/aromatic N) is 1. The summed E-state index contributed by atoms with van der Waals surface area (Å²) in [5.41, 5.74) is -2.12. The van der Waals surface area contributed by atoms with Crippen LogP contribution in [0.1, 0.15) is 10.4 Å². The van der Waals surface area contributed by atoms with E-state index in [-0.39, 0.29) is 0 Å². The van der Waals surface area contributed by atoms with Gasteiger partial charge < -0.3 is 9.84 Å². The van der Waals surface area contributed by atoms with Gasteiger partial charge in [0.2, 0.25) is 15.8 Å². The third kappa shape index (κ3) is 4.29. The second-order valence-corrected chi connectivity index (χ2v) is 5.36. The third-order valence-corrected chi connectivity index (χ3v) is 3.08. The zero-order chi connectivity index (χ0) is 17.3. The molecule has 0 aliphatic rings. The molecule has 1 aromatic rings. The Bertz CT molecular complexity index is 729. The lowest BCUT2D eigenvalue weighted by Gasteiger charge is -2.13. The van der Waals surface area contributed by atoms with Crippen LogP contribution in [0.4, 0.5) is 18.9 Å². The van der Waals surface area contributed by atoms with E-state index in [9.17, 15) is 36.5 Å². The van der Waals surface area contributed by atoms with E-state index in [0.717, 1.165) is 0 Å². The molecule has 1 aromatic carbocycles. The number of nitro benzene ring substituents is 1. The summed E-state index contributed by atoms with van der Waals surface area (Å²) in [5.74, 6) is -3.02. The first-order chi connectivity index (χ1) is 9.83. The van der Waals surface area contributed by atoms with Crippen LogP contribution in [0.25, 0.3) is 0 Å². The summed E-state index contributed by atoms with van der Waals surface area (Å²) in [6, 6.07) is 0.735. The van der Waals surface area contributed by atoms with Crippen molar-refractivity contribution in [3.8, 4) is 5.75 Å². The van der Waals surface area contributed by atoms with Crippen molar-refractivity contribution in [3.63, 3.8) is 0 Å². The Kier molecular flexibility index (Phi) is 4.62. The molecular formula is C9H7F3N2O7S. The minimum Gasteiger partial charge on any atom is -0.478 e. The van der Waals surface area contributed by atoms with Gasteiger partial charge in [0.05, 0.1) is 10.5 Å². The zero-order valence-corrected chi connectivity index (χ0v) is 11.1. The summed E-state index contributed by atoms with van der Waals surface area (Å²) in [4.78, 5) is 19.1. The van der Waals surface area contributed by atoms with Crippen molar-refractivity contribution >= 4 is 21.7 Å². The molecule has 0 unspecified atom stereocenters. The molecule has 122 valence electrons. The van der Waals surface area contributed by atoms with E-state index in [1.54, 1.807) is 0 Å². The lowest BCUT2D eigenvalue weighted by atomic mass is 10.2. The maximum Gasteiger partial charge on any atom is 0.422 e. The number of aromatic carboxylic acids is 1. The average Bonchev–Trinajstić information content (AvgIpc) is 2.32. The van der Waals surface area contributed by atoms with E-state index in [0.29, 0.717) is 12.1 Å². The van der Waals surface area contributed by atoms with Gasteiger partial charge in [-0.25, -0.2) is 18.4 Å². The molecule has 0 radical (unpaired) electrons. The monoisotopic (exact) mass is 344 g/mol. The topological polar surface area (TPSA) is 150 Å². The Morgan fingerprint density at radius 1 is 1.41 bits per heavy atom. The first-order valence-corrected chi connectivity index (χ1v) is 6.65. The van der Waals surface area contributed by atoms with Crippen LogP contribution in [0.2, 0.25) is 0 Å². The summed E-state index contributed by atoms with van der Waals surface area (Å²) >= 11 is 0. The Morgan fingerprint density at radius 2 is 1.95 bits per heavy atom. The van der Waals surface area contributed by atoms with Crippen LogP contribution in [0.5, 0.6) is 5.75 Å². The summed E-state index contributed by atoms with van der Waals surface area (Å²) < 4.78 is 63.2. The molecule has 0 aliphatic carbocycles. The van der Waals surface area contributed by atoms with Crippen LogP contribution in [0.3, 0.4) is 0 Å². The van der Waals surface area contributed by atoms with Gasteiger partial charge in [-0.05, 0) is 6.07 Å². The van der Waals surface area contributed by atoms with Crippen LogP contribution in [0.15, 0.2) is 17.0 Å². The van der Waals surface area contributed by atoms with E-state index in [2.05, 4.69) is 4.74 Å². The highest BCUT2D eigenvalue weighted by molar-refractivity contribution is 7.89. The van der Waals surface area contributed by atoms with Crippen LogP contribution in [-0.2, 0) is 10.0 Å². The molecule has 0 amide bonds. The molecule has 0 spiro atoms. The number of carbonyl (C=O) groups is 1. The van der Waals surface area contributed by atoms with Gasteiger partial charge in [-0.15, -0.1) is 0 Å². The Morgan fingerprint density at radius 3 is 2.32 bits per heavy atom. The number of benzene rings is 1. The number of hydrogen-bond donors (Lipinski definition) is 2. The van der Waals surface area contributed by atoms with E-state index < -0.39 is 55.6 Å². The minimum absolute atomic E-state index is 0.364. The summed E-state index contributed by atoms with van der Waals surface area (Å²) in [5, 5.41) is 24.3. The molecule has 0 aromatic heterocycles. The summed E-state index contributed by atoms with van der Waals surface area (Å²) in [6.07, 6.45) is -4.91. The van der Waals surface area contributed by atoms with Gasteiger partial charge in [0.15, 0.2) is 6.61 Å². The van der Waals surface area contributed by atoms with E-state index in [1.165, 1.54) is 0 Å². The molecule has 22 heavy (non-hydrogen) atoms. The van der Waals surface area contributed by atoms with Crippen LogP contribution >= 0.6 is 0 Å². The third-order valence-electron chi connectivity index (χ3n) is 2.17. The fourth-order valence-electron chi connectivity index (χ4n) is 1.36. The number of nitrogens with two attached hydrogens (primary N) is 1. The molecule has 0 atom stereocenters. The number of alkyl halides is 3. The van der Waals surface area contributed by atoms with Crippen molar-refractivity contribution < 1.29 is 41.2 Å². The van der Waals surface area contributed by atoms with Gasteiger partial charge in [-0.3, -0.25) is 10.1 Å². The van der Waals surface area contributed by atoms with Gasteiger partial charge >= 0.3 is 17.8 Å². The van der Waals surface area contributed by atoms with E-state index in [4.69, 9.17) is 10.2 Å². The molecule has 0 saturated heterocycles. The standard InChI is InChI=1S/C9H7F3N2O7S/c10-9(11,12)3-21-7-5(14(17)18)1-4(8(15)16)2-6(7)22(13,19)20/h1-2H,3H2,(H,15,16)(H2,13,19,20).